The molecule has 1 rings (SSSR count). The second-order valence-electron chi connectivity index (χ2n) is 3.58. The Hall–Kier alpha value is -0.190. The molecule has 0 spiro atoms. The zero-order chi connectivity index (χ0) is 11.3. The highest BCUT2D eigenvalue weighted by Crippen LogP contribution is 2.22. The number of aryl methyl sites for hydroxylation is 1. The fourth-order valence-corrected chi connectivity index (χ4v) is 3.05. The molecule has 0 radical (unpaired) electrons. The second kappa shape index (κ2) is 6.40. The van der Waals surface area contributed by atoms with Gasteiger partial charge in [-0.1, -0.05) is 6.92 Å². The largest absolute Gasteiger partial charge is 0.309 e. The highest BCUT2D eigenvalue weighted by Gasteiger charge is 2.08. The molecular formula is C11H19NOS2. The van der Waals surface area contributed by atoms with Crippen molar-refractivity contribution in [2.75, 3.05) is 18.1 Å². The van der Waals surface area contributed by atoms with E-state index in [4.69, 9.17) is 0 Å². The van der Waals surface area contributed by atoms with E-state index in [1.165, 1.54) is 10.4 Å². The van der Waals surface area contributed by atoms with E-state index in [9.17, 15) is 4.21 Å². The summed E-state index contributed by atoms with van der Waals surface area (Å²) in [5.74, 6) is 1.51. The molecule has 86 valence electrons. The smallest absolute Gasteiger partial charge is 0.0389 e. The van der Waals surface area contributed by atoms with E-state index in [2.05, 4.69) is 30.6 Å². The average molecular weight is 245 g/mol. The van der Waals surface area contributed by atoms with Gasteiger partial charge in [0.1, 0.15) is 0 Å². The lowest BCUT2D eigenvalue weighted by atomic mass is 10.2. The van der Waals surface area contributed by atoms with Crippen LogP contribution in [0.3, 0.4) is 0 Å². The minimum atomic E-state index is -0.655. The molecule has 0 aromatic carbocycles. The van der Waals surface area contributed by atoms with Crippen LogP contribution in [0, 0.1) is 6.92 Å². The average Bonchev–Trinajstić information content (AvgIpc) is 2.64. The van der Waals surface area contributed by atoms with E-state index < -0.39 is 10.8 Å². The van der Waals surface area contributed by atoms with Crippen molar-refractivity contribution in [1.29, 1.82) is 0 Å². The maximum absolute atomic E-state index is 11.2. The van der Waals surface area contributed by atoms with Crippen LogP contribution in [0.2, 0.25) is 0 Å². The molecule has 1 aromatic heterocycles. The maximum atomic E-state index is 11.2. The first-order chi connectivity index (χ1) is 7.15. The molecule has 0 aliphatic carbocycles. The van der Waals surface area contributed by atoms with E-state index in [1.807, 2.05) is 6.92 Å². The summed E-state index contributed by atoms with van der Waals surface area (Å²) in [7, 11) is -0.655. The van der Waals surface area contributed by atoms with Crippen LogP contribution in [0.4, 0.5) is 0 Å². The van der Waals surface area contributed by atoms with E-state index in [-0.39, 0.29) is 0 Å². The third-order valence-corrected chi connectivity index (χ3v) is 4.90. The van der Waals surface area contributed by atoms with Crippen LogP contribution in [0.5, 0.6) is 0 Å². The molecule has 0 aliphatic heterocycles. The first-order valence-corrected chi connectivity index (χ1v) is 7.64. The predicted molar refractivity (Wildman–Crippen MR) is 69.0 cm³/mol. The third-order valence-electron chi connectivity index (χ3n) is 2.40. The standard InChI is InChI=1S/C11H19NOS2/c1-4-15(13)8-6-12-10(3)11-9(2)5-7-14-11/h5,7,10,12H,4,6,8H2,1-3H3. The van der Waals surface area contributed by atoms with Crippen LogP contribution < -0.4 is 5.32 Å². The van der Waals surface area contributed by atoms with Crippen LogP contribution >= 0.6 is 11.3 Å². The lowest BCUT2D eigenvalue weighted by Crippen LogP contribution is -2.24. The Labute approximate surface area is 98.6 Å². The molecule has 2 atom stereocenters. The summed E-state index contributed by atoms with van der Waals surface area (Å²) < 4.78 is 11.2. The van der Waals surface area contributed by atoms with Gasteiger partial charge in [0.15, 0.2) is 0 Å². The third kappa shape index (κ3) is 4.05. The van der Waals surface area contributed by atoms with Gasteiger partial charge in [-0.25, -0.2) is 0 Å². The molecule has 2 unspecified atom stereocenters. The first kappa shape index (κ1) is 12.9. The van der Waals surface area contributed by atoms with Gasteiger partial charge in [0, 0.05) is 39.8 Å². The summed E-state index contributed by atoms with van der Waals surface area (Å²) in [5.41, 5.74) is 1.34. The molecule has 0 amide bonds. The molecule has 15 heavy (non-hydrogen) atoms. The van der Waals surface area contributed by atoms with Gasteiger partial charge >= 0.3 is 0 Å². The Kier molecular flexibility index (Phi) is 5.50. The summed E-state index contributed by atoms with van der Waals surface area (Å²) in [5, 5.41) is 5.53. The van der Waals surface area contributed by atoms with Crippen molar-refractivity contribution in [2.45, 2.75) is 26.8 Å². The molecule has 1 N–H and O–H groups in total. The second-order valence-corrected chi connectivity index (χ2v) is 6.39. The minimum absolute atomic E-state index is 0.374. The molecule has 0 aliphatic rings. The van der Waals surface area contributed by atoms with Crippen molar-refractivity contribution in [2.24, 2.45) is 0 Å². The highest BCUT2D eigenvalue weighted by atomic mass is 32.2. The van der Waals surface area contributed by atoms with Gasteiger partial charge in [-0.15, -0.1) is 11.3 Å². The maximum Gasteiger partial charge on any atom is 0.0389 e. The molecule has 0 fully saturated rings. The molecule has 0 bridgehead atoms. The monoisotopic (exact) mass is 245 g/mol. The SMILES string of the molecule is CCS(=O)CCNC(C)c1sccc1C. The number of nitrogens with one attached hydrogen (secondary N) is 1. The summed E-state index contributed by atoms with van der Waals surface area (Å²) in [6, 6.07) is 2.52. The van der Waals surface area contributed by atoms with Crippen LogP contribution in [0.25, 0.3) is 0 Å². The molecule has 1 heterocycles. The zero-order valence-corrected chi connectivity index (χ0v) is 11.2. The van der Waals surface area contributed by atoms with Crippen LogP contribution in [0.1, 0.15) is 30.3 Å². The van der Waals surface area contributed by atoms with Crippen molar-refractivity contribution in [3.8, 4) is 0 Å². The lowest BCUT2D eigenvalue weighted by molar-refractivity contribution is 0.603. The van der Waals surface area contributed by atoms with Crippen molar-refractivity contribution >= 4 is 22.1 Å². The van der Waals surface area contributed by atoms with E-state index in [1.54, 1.807) is 11.3 Å². The topological polar surface area (TPSA) is 29.1 Å². The van der Waals surface area contributed by atoms with Crippen molar-refractivity contribution in [1.82, 2.24) is 5.32 Å². The van der Waals surface area contributed by atoms with Gasteiger partial charge in [0.05, 0.1) is 0 Å². The van der Waals surface area contributed by atoms with Crippen molar-refractivity contribution in [3.05, 3.63) is 21.9 Å². The summed E-state index contributed by atoms with van der Waals surface area (Å²) >= 11 is 1.78. The number of rotatable bonds is 6. The molecule has 4 heteroatoms. The first-order valence-electron chi connectivity index (χ1n) is 5.27. The fourth-order valence-electron chi connectivity index (χ4n) is 1.45. The number of hydrogen-bond acceptors (Lipinski definition) is 3. The Balaban J connectivity index is 2.34. The normalized spacial score (nSPS) is 15.1. The number of thiophene rings is 1. The molecule has 2 nitrogen and oxygen atoms in total. The van der Waals surface area contributed by atoms with Gasteiger partial charge in [0.2, 0.25) is 0 Å². The van der Waals surface area contributed by atoms with Crippen LogP contribution in [-0.4, -0.2) is 22.3 Å². The van der Waals surface area contributed by atoms with Crippen LogP contribution in [0.15, 0.2) is 11.4 Å². The van der Waals surface area contributed by atoms with Gasteiger partial charge in [0.25, 0.3) is 0 Å². The Morgan fingerprint density at radius 3 is 2.87 bits per heavy atom. The van der Waals surface area contributed by atoms with Gasteiger partial charge in [-0.3, -0.25) is 4.21 Å². The van der Waals surface area contributed by atoms with Gasteiger partial charge in [-0.05, 0) is 30.9 Å². The molecule has 1 aromatic rings. The van der Waals surface area contributed by atoms with E-state index in [0.29, 0.717) is 6.04 Å². The van der Waals surface area contributed by atoms with Crippen molar-refractivity contribution in [3.63, 3.8) is 0 Å². The Bertz CT molecular complexity index is 322. The highest BCUT2D eigenvalue weighted by molar-refractivity contribution is 7.84. The zero-order valence-electron chi connectivity index (χ0n) is 9.58. The minimum Gasteiger partial charge on any atom is -0.309 e. The van der Waals surface area contributed by atoms with Gasteiger partial charge in [-0.2, -0.15) is 0 Å². The molecule has 0 saturated carbocycles. The summed E-state index contributed by atoms with van der Waals surface area (Å²) in [6.07, 6.45) is 0. The molecular weight excluding hydrogens is 226 g/mol. The van der Waals surface area contributed by atoms with E-state index >= 15 is 0 Å². The Morgan fingerprint density at radius 2 is 2.33 bits per heavy atom. The lowest BCUT2D eigenvalue weighted by Gasteiger charge is -2.12. The Morgan fingerprint density at radius 1 is 1.60 bits per heavy atom. The van der Waals surface area contributed by atoms with Gasteiger partial charge < -0.3 is 5.32 Å². The van der Waals surface area contributed by atoms with Crippen molar-refractivity contribution < 1.29 is 4.21 Å². The van der Waals surface area contributed by atoms with Crippen LogP contribution in [-0.2, 0) is 10.8 Å². The fraction of sp³-hybridized carbons (Fsp3) is 0.636. The predicted octanol–water partition coefficient (Wildman–Crippen LogP) is 2.48. The summed E-state index contributed by atoms with van der Waals surface area (Å²) in [6.45, 7) is 7.09. The number of hydrogen-bond donors (Lipinski definition) is 1. The quantitative estimate of drug-likeness (QED) is 0.834. The summed E-state index contributed by atoms with van der Waals surface area (Å²) in [4.78, 5) is 1.39. The van der Waals surface area contributed by atoms with E-state index in [0.717, 1.165) is 18.1 Å². The molecule has 0 saturated heterocycles.